The number of alkyl halides is 1. The molecule has 0 radical (unpaired) electrons. The summed E-state index contributed by atoms with van der Waals surface area (Å²) < 4.78 is 5.43. The Labute approximate surface area is 95.7 Å². The molecule has 1 heterocycles. The maximum atomic E-state index is 12.2. The van der Waals surface area contributed by atoms with Gasteiger partial charge in [0.2, 0.25) is 5.91 Å². The molecule has 15 heavy (non-hydrogen) atoms. The number of rotatable bonds is 4. The first-order valence-corrected chi connectivity index (χ1v) is 6.25. The summed E-state index contributed by atoms with van der Waals surface area (Å²) in [5.41, 5.74) is 0. The molecule has 0 aromatic carbocycles. The molecule has 0 N–H and O–H groups in total. The SMILES string of the molecule is CC1OCCC1C(=O)N(CCCl)C1CC1. The number of nitrogens with zero attached hydrogens (tertiary/aromatic N) is 1. The molecule has 2 rings (SSSR count). The molecule has 1 saturated carbocycles. The van der Waals surface area contributed by atoms with Crippen molar-refractivity contribution in [1.29, 1.82) is 0 Å². The molecule has 4 heteroatoms. The third-order valence-corrected chi connectivity index (χ3v) is 3.46. The Balaban J connectivity index is 1.96. The lowest BCUT2D eigenvalue weighted by molar-refractivity contribution is -0.137. The lowest BCUT2D eigenvalue weighted by Crippen LogP contribution is -2.41. The maximum Gasteiger partial charge on any atom is 0.228 e. The molecular weight excluding hydrogens is 214 g/mol. The second kappa shape index (κ2) is 4.71. The third-order valence-electron chi connectivity index (χ3n) is 3.29. The summed E-state index contributed by atoms with van der Waals surface area (Å²) >= 11 is 5.73. The second-order valence-corrected chi connectivity index (χ2v) is 4.80. The monoisotopic (exact) mass is 231 g/mol. The summed E-state index contributed by atoms with van der Waals surface area (Å²) in [6.07, 6.45) is 3.23. The van der Waals surface area contributed by atoms with Crippen molar-refractivity contribution in [2.75, 3.05) is 19.0 Å². The average molecular weight is 232 g/mol. The van der Waals surface area contributed by atoms with Crippen LogP contribution >= 0.6 is 11.6 Å². The van der Waals surface area contributed by atoms with Crippen molar-refractivity contribution < 1.29 is 9.53 Å². The van der Waals surface area contributed by atoms with Crippen LogP contribution in [0.3, 0.4) is 0 Å². The van der Waals surface area contributed by atoms with Crippen molar-refractivity contribution >= 4 is 17.5 Å². The molecule has 0 spiro atoms. The van der Waals surface area contributed by atoms with Gasteiger partial charge in [0, 0.05) is 25.1 Å². The zero-order valence-electron chi connectivity index (χ0n) is 9.12. The fourth-order valence-corrected chi connectivity index (χ4v) is 2.40. The summed E-state index contributed by atoms with van der Waals surface area (Å²) in [5, 5.41) is 0. The van der Waals surface area contributed by atoms with Gasteiger partial charge in [-0.3, -0.25) is 4.79 Å². The van der Waals surface area contributed by atoms with Gasteiger partial charge in [-0.2, -0.15) is 0 Å². The van der Waals surface area contributed by atoms with Gasteiger partial charge >= 0.3 is 0 Å². The Morgan fingerprint density at radius 1 is 1.47 bits per heavy atom. The largest absolute Gasteiger partial charge is 0.378 e. The Morgan fingerprint density at radius 2 is 2.20 bits per heavy atom. The molecule has 1 aliphatic heterocycles. The highest BCUT2D eigenvalue weighted by atomic mass is 35.5. The molecule has 3 nitrogen and oxygen atoms in total. The molecule has 2 fully saturated rings. The van der Waals surface area contributed by atoms with Gasteiger partial charge in [0.15, 0.2) is 0 Å². The van der Waals surface area contributed by atoms with Gasteiger partial charge in [0.05, 0.1) is 12.0 Å². The van der Waals surface area contributed by atoms with E-state index in [0.29, 0.717) is 18.5 Å². The van der Waals surface area contributed by atoms with Crippen molar-refractivity contribution in [3.05, 3.63) is 0 Å². The highest BCUT2D eigenvalue weighted by Crippen LogP contribution is 2.31. The highest BCUT2D eigenvalue weighted by Gasteiger charge is 2.39. The number of carbonyl (C=O) groups excluding carboxylic acids is 1. The van der Waals surface area contributed by atoms with Crippen molar-refractivity contribution in [3.8, 4) is 0 Å². The standard InChI is InChI=1S/C11H18ClNO2/c1-8-10(4-7-15-8)11(14)13(6-5-12)9-2-3-9/h8-10H,2-7H2,1H3. The van der Waals surface area contributed by atoms with Crippen LogP contribution in [-0.4, -0.2) is 42.0 Å². The van der Waals surface area contributed by atoms with E-state index in [1.807, 2.05) is 11.8 Å². The van der Waals surface area contributed by atoms with E-state index in [0.717, 1.165) is 25.9 Å². The summed E-state index contributed by atoms with van der Waals surface area (Å²) in [6, 6.07) is 0.462. The van der Waals surface area contributed by atoms with Crippen LogP contribution in [0, 0.1) is 5.92 Å². The molecular formula is C11H18ClNO2. The molecule has 1 amide bonds. The fraction of sp³-hybridized carbons (Fsp3) is 0.909. The first kappa shape index (κ1) is 11.2. The van der Waals surface area contributed by atoms with Gasteiger partial charge in [-0.25, -0.2) is 0 Å². The Kier molecular flexibility index (Phi) is 3.52. The van der Waals surface area contributed by atoms with E-state index in [1.54, 1.807) is 0 Å². The number of hydrogen-bond acceptors (Lipinski definition) is 2. The number of amides is 1. The summed E-state index contributed by atoms with van der Waals surface area (Å²) in [5.74, 6) is 0.849. The number of halogens is 1. The van der Waals surface area contributed by atoms with Gasteiger partial charge in [0.1, 0.15) is 0 Å². The van der Waals surface area contributed by atoms with Gasteiger partial charge in [-0.1, -0.05) is 0 Å². The normalized spacial score (nSPS) is 30.5. The van der Waals surface area contributed by atoms with Gasteiger partial charge < -0.3 is 9.64 Å². The summed E-state index contributed by atoms with van der Waals surface area (Å²) in [6.45, 7) is 3.40. The van der Waals surface area contributed by atoms with Crippen molar-refractivity contribution in [2.45, 2.75) is 38.3 Å². The minimum atomic E-state index is 0.0637. The zero-order valence-corrected chi connectivity index (χ0v) is 9.87. The molecule has 0 bridgehead atoms. The van der Waals surface area contributed by atoms with Crippen LogP contribution in [0.1, 0.15) is 26.2 Å². The molecule has 2 unspecified atom stereocenters. The zero-order chi connectivity index (χ0) is 10.8. The molecule has 2 aliphatic rings. The second-order valence-electron chi connectivity index (χ2n) is 4.42. The molecule has 1 saturated heterocycles. The van der Waals surface area contributed by atoms with Crippen LogP contribution in [0.4, 0.5) is 0 Å². The smallest absolute Gasteiger partial charge is 0.228 e. The lowest BCUT2D eigenvalue weighted by Gasteiger charge is -2.25. The van der Waals surface area contributed by atoms with Gasteiger partial charge in [-0.15, -0.1) is 11.6 Å². The lowest BCUT2D eigenvalue weighted by atomic mass is 10.0. The quantitative estimate of drug-likeness (QED) is 0.689. The maximum absolute atomic E-state index is 12.2. The molecule has 86 valence electrons. The van der Waals surface area contributed by atoms with E-state index in [2.05, 4.69) is 0 Å². The van der Waals surface area contributed by atoms with E-state index >= 15 is 0 Å². The van der Waals surface area contributed by atoms with Crippen LogP contribution in [0.5, 0.6) is 0 Å². The van der Waals surface area contributed by atoms with E-state index < -0.39 is 0 Å². The first-order valence-electron chi connectivity index (χ1n) is 5.72. The number of hydrogen-bond donors (Lipinski definition) is 0. The average Bonchev–Trinajstić information content (AvgIpc) is 2.97. The summed E-state index contributed by atoms with van der Waals surface area (Å²) in [7, 11) is 0. The van der Waals surface area contributed by atoms with Gasteiger partial charge in [-0.05, 0) is 26.2 Å². The van der Waals surface area contributed by atoms with Crippen LogP contribution < -0.4 is 0 Å². The van der Waals surface area contributed by atoms with E-state index in [4.69, 9.17) is 16.3 Å². The van der Waals surface area contributed by atoms with Crippen molar-refractivity contribution in [1.82, 2.24) is 4.90 Å². The predicted molar refractivity (Wildman–Crippen MR) is 59.0 cm³/mol. The van der Waals surface area contributed by atoms with E-state index in [1.165, 1.54) is 0 Å². The molecule has 0 aromatic rings. The molecule has 1 aliphatic carbocycles. The topological polar surface area (TPSA) is 29.5 Å². The van der Waals surface area contributed by atoms with Crippen LogP contribution in [0.25, 0.3) is 0 Å². The predicted octanol–water partition coefficient (Wildman–Crippen LogP) is 1.64. The highest BCUT2D eigenvalue weighted by molar-refractivity contribution is 6.18. The minimum absolute atomic E-state index is 0.0637. The molecule has 2 atom stereocenters. The van der Waals surface area contributed by atoms with Gasteiger partial charge in [0.25, 0.3) is 0 Å². The molecule has 0 aromatic heterocycles. The van der Waals surface area contributed by atoms with E-state index in [9.17, 15) is 4.79 Å². The van der Waals surface area contributed by atoms with Crippen molar-refractivity contribution in [2.24, 2.45) is 5.92 Å². The third kappa shape index (κ3) is 2.45. The Morgan fingerprint density at radius 3 is 2.67 bits per heavy atom. The fourth-order valence-electron chi connectivity index (χ4n) is 2.22. The summed E-state index contributed by atoms with van der Waals surface area (Å²) in [4.78, 5) is 14.2. The van der Waals surface area contributed by atoms with Crippen LogP contribution in [0.2, 0.25) is 0 Å². The first-order chi connectivity index (χ1) is 7.24. The number of ether oxygens (including phenoxy) is 1. The van der Waals surface area contributed by atoms with Crippen molar-refractivity contribution in [3.63, 3.8) is 0 Å². The minimum Gasteiger partial charge on any atom is -0.378 e. The number of carbonyl (C=O) groups is 1. The van der Waals surface area contributed by atoms with Crippen LogP contribution in [0.15, 0.2) is 0 Å². The van der Waals surface area contributed by atoms with E-state index in [-0.39, 0.29) is 17.9 Å². The Bertz CT molecular complexity index is 243. The Hall–Kier alpha value is -0.280. The van der Waals surface area contributed by atoms with Crippen LogP contribution in [-0.2, 0) is 9.53 Å².